The summed E-state index contributed by atoms with van der Waals surface area (Å²) >= 11 is 3.27. The van der Waals surface area contributed by atoms with Gasteiger partial charge >= 0.3 is 0 Å². The molecule has 1 amide bonds. The zero-order chi connectivity index (χ0) is 13.7. The van der Waals surface area contributed by atoms with E-state index in [0.717, 1.165) is 10.9 Å². The van der Waals surface area contributed by atoms with Crippen molar-refractivity contribution in [3.8, 4) is 0 Å². The first kappa shape index (κ1) is 13.5. The second-order valence-corrected chi connectivity index (χ2v) is 4.99. The molecule has 4 nitrogen and oxygen atoms in total. The minimum Gasteiger partial charge on any atom is -0.383 e. The molecule has 0 saturated heterocycles. The summed E-state index contributed by atoms with van der Waals surface area (Å²) in [4.78, 5) is 15.9. The second kappa shape index (κ2) is 6.33. The highest BCUT2D eigenvalue weighted by Gasteiger charge is 2.10. The maximum atomic E-state index is 12.0. The van der Waals surface area contributed by atoms with Gasteiger partial charge in [0.2, 0.25) is 0 Å². The van der Waals surface area contributed by atoms with Crippen LogP contribution in [0.25, 0.3) is 0 Å². The van der Waals surface area contributed by atoms with Gasteiger partial charge in [0.15, 0.2) is 0 Å². The van der Waals surface area contributed by atoms with Gasteiger partial charge < -0.3 is 11.1 Å². The fraction of sp³-hybridized carbons (Fsp3) is 0.143. The summed E-state index contributed by atoms with van der Waals surface area (Å²) in [5, 5.41) is 2.84. The Morgan fingerprint density at radius 3 is 2.79 bits per heavy atom. The topological polar surface area (TPSA) is 68.0 Å². The number of nitrogens with one attached hydrogen (secondary N) is 1. The van der Waals surface area contributed by atoms with E-state index in [9.17, 15) is 4.79 Å². The molecule has 0 bridgehead atoms. The Morgan fingerprint density at radius 1 is 1.32 bits per heavy atom. The molecular formula is C14H14BrN3O. The number of rotatable bonds is 4. The Bertz CT molecular complexity index is 572. The van der Waals surface area contributed by atoms with Crippen molar-refractivity contribution in [2.24, 2.45) is 0 Å². The molecular weight excluding hydrogens is 306 g/mol. The number of nitrogen functional groups attached to an aromatic ring is 1. The van der Waals surface area contributed by atoms with Gasteiger partial charge in [-0.1, -0.05) is 30.3 Å². The largest absolute Gasteiger partial charge is 0.383 e. The van der Waals surface area contributed by atoms with Crippen LogP contribution in [0.5, 0.6) is 0 Å². The van der Waals surface area contributed by atoms with Crippen molar-refractivity contribution in [2.45, 2.75) is 6.42 Å². The first-order valence-corrected chi connectivity index (χ1v) is 6.69. The van der Waals surface area contributed by atoms with Crippen LogP contribution in [0.4, 0.5) is 5.82 Å². The number of carbonyl (C=O) groups excluding carboxylic acids is 1. The Kier molecular flexibility index (Phi) is 4.52. The fourth-order valence-corrected chi connectivity index (χ4v) is 2.02. The molecule has 0 aliphatic heterocycles. The lowest BCUT2D eigenvalue weighted by Gasteiger charge is -2.07. The van der Waals surface area contributed by atoms with E-state index in [-0.39, 0.29) is 11.7 Å². The van der Waals surface area contributed by atoms with Crippen LogP contribution in [0, 0.1) is 0 Å². The lowest BCUT2D eigenvalue weighted by molar-refractivity contribution is 0.0954. The zero-order valence-electron chi connectivity index (χ0n) is 10.3. The summed E-state index contributed by atoms with van der Waals surface area (Å²) in [7, 11) is 0. The van der Waals surface area contributed by atoms with Gasteiger partial charge in [0, 0.05) is 17.2 Å². The van der Waals surface area contributed by atoms with E-state index >= 15 is 0 Å². The number of benzene rings is 1. The van der Waals surface area contributed by atoms with Crippen LogP contribution < -0.4 is 11.1 Å². The highest BCUT2D eigenvalue weighted by Crippen LogP contribution is 2.15. The van der Waals surface area contributed by atoms with E-state index in [4.69, 9.17) is 5.73 Å². The average molecular weight is 320 g/mol. The minimum atomic E-state index is -0.206. The number of pyridine rings is 1. The zero-order valence-corrected chi connectivity index (χ0v) is 11.9. The Labute approximate surface area is 120 Å². The molecule has 2 aromatic rings. The van der Waals surface area contributed by atoms with Gasteiger partial charge in [-0.05, 0) is 34.0 Å². The number of amides is 1. The van der Waals surface area contributed by atoms with E-state index in [2.05, 4.69) is 26.2 Å². The minimum absolute atomic E-state index is 0.206. The molecule has 0 fully saturated rings. The normalized spacial score (nSPS) is 10.2. The number of aromatic nitrogens is 1. The van der Waals surface area contributed by atoms with Crippen molar-refractivity contribution < 1.29 is 4.79 Å². The quantitative estimate of drug-likeness (QED) is 0.909. The van der Waals surface area contributed by atoms with E-state index in [1.165, 1.54) is 5.56 Å². The molecule has 5 heteroatoms. The van der Waals surface area contributed by atoms with Crippen molar-refractivity contribution in [1.29, 1.82) is 0 Å². The molecule has 0 radical (unpaired) electrons. The molecule has 0 aliphatic carbocycles. The third-order valence-corrected chi connectivity index (χ3v) is 3.11. The summed E-state index contributed by atoms with van der Waals surface area (Å²) in [6, 6.07) is 11.7. The Hall–Kier alpha value is -1.88. The van der Waals surface area contributed by atoms with Crippen LogP contribution in [0.15, 0.2) is 47.1 Å². The van der Waals surface area contributed by atoms with Gasteiger partial charge in [0.25, 0.3) is 5.91 Å². The molecule has 1 aromatic heterocycles. The van der Waals surface area contributed by atoms with Crippen molar-refractivity contribution in [2.75, 3.05) is 12.3 Å². The van der Waals surface area contributed by atoms with Crippen molar-refractivity contribution in [3.63, 3.8) is 0 Å². The second-order valence-electron chi connectivity index (χ2n) is 4.08. The predicted octanol–water partition coefficient (Wildman–Crippen LogP) is 2.40. The van der Waals surface area contributed by atoms with Crippen LogP contribution in [0.2, 0.25) is 0 Å². The van der Waals surface area contributed by atoms with E-state index in [1.54, 1.807) is 12.3 Å². The number of carbonyl (C=O) groups is 1. The third-order valence-electron chi connectivity index (χ3n) is 2.67. The Balaban J connectivity index is 1.93. The number of nitrogens with two attached hydrogens (primary N) is 1. The van der Waals surface area contributed by atoms with E-state index < -0.39 is 0 Å². The maximum Gasteiger partial charge on any atom is 0.255 e. The maximum absolute atomic E-state index is 12.0. The van der Waals surface area contributed by atoms with Crippen LogP contribution in [-0.2, 0) is 6.42 Å². The van der Waals surface area contributed by atoms with Gasteiger partial charge in [0.1, 0.15) is 5.82 Å². The molecule has 1 aromatic carbocycles. The van der Waals surface area contributed by atoms with Crippen LogP contribution in [0.3, 0.4) is 0 Å². The van der Waals surface area contributed by atoms with Crippen molar-refractivity contribution >= 4 is 27.7 Å². The SMILES string of the molecule is Nc1ncc(Br)cc1C(=O)NCCc1ccccc1. The molecule has 0 atom stereocenters. The van der Waals surface area contributed by atoms with Gasteiger partial charge in [-0.25, -0.2) is 4.98 Å². The average Bonchev–Trinajstić information content (AvgIpc) is 2.42. The van der Waals surface area contributed by atoms with Gasteiger partial charge in [-0.3, -0.25) is 4.79 Å². The van der Waals surface area contributed by atoms with E-state index in [0.29, 0.717) is 12.1 Å². The standard InChI is InChI=1S/C14H14BrN3O/c15-11-8-12(13(16)18-9-11)14(19)17-7-6-10-4-2-1-3-5-10/h1-5,8-9H,6-7H2,(H2,16,18)(H,17,19). The number of hydrogen-bond donors (Lipinski definition) is 2. The molecule has 3 N–H and O–H groups in total. The fourth-order valence-electron chi connectivity index (χ4n) is 1.69. The highest BCUT2D eigenvalue weighted by molar-refractivity contribution is 9.10. The summed E-state index contributed by atoms with van der Waals surface area (Å²) in [6.07, 6.45) is 2.35. The van der Waals surface area contributed by atoms with Crippen molar-refractivity contribution in [1.82, 2.24) is 10.3 Å². The third kappa shape index (κ3) is 3.79. The van der Waals surface area contributed by atoms with Gasteiger partial charge in [0.05, 0.1) is 5.56 Å². The number of anilines is 1. The lowest BCUT2D eigenvalue weighted by atomic mass is 10.1. The molecule has 0 unspecified atom stereocenters. The molecule has 2 rings (SSSR count). The molecule has 98 valence electrons. The summed E-state index contributed by atoms with van der Waals surface area (Å²) in [5.74, 6) is 0.0302. The van der Waals surface area contributed by atoms with Crippen LogP contribution >= 0.6 is 15.9 Å². The summed E-state index contributed by atoms with van der Waals surface area (Å²) in [6.45, 7) is 0.564. The predicted molar refractivity (Wildman–Crippen MR) is 78.8 cm³/mol. The van der Waals surface area contributed by atoms with Gasteiger partial charge in [-0.15, -0.1) is 0 Å². The lowest BCUT2D eigenvalue weighted by Crippen LogP contribution is -2.26. The molecule has 1 heterocycles. The molecule has 0 saturated carbocycles. The Morgan fingerprint density at radius 2 is 2.05 bits per heavy atom. The molecule has 0 aliphatic rings. The first-order valence-electron chi connectivity index (χ1n) is 5.90. The van der Waals surface area contributed by atoms with Crippen LogP contribution in [0.1, 0.15) is 15.9 Å². The number of halogens is 1. The van der Waals surface area contributed by atoms with Gasteiger partial charge in [-0.2, -0.15) is 0 Å². The number of hydrogen-bond acceptors (Lipinski definition) is 3. The summed E-state index contributed by atoms with van der Waals surface area (Å²) < 4.78 is 0.731. The van der Waals surface area contributed by atoms with E-state index in [1.807, 2.05) is 30.3 Å². The van der Waals surface area contributed by atoms with Crippen LogP contribution in [-0.4, -0.2) is 17.4 Å². The monoisotopic (exact) mass is 319 g/mol. The molecule has 0 spiro atoms. The first-order chi connectivity index (χ1) is 9.16. The summed E-state index contributed by atoms with van der Waals surface area (Å²) in [5.41, 5.74) is 7.26. The number of nitrogens with zero attached hydrogens (tertiary/aromatic N) is 1. The molecule has 19 heavy (non-hydrogen) atoms. The highest BCUT2D eigenvalue weighted by atomic mass is 79.9. The van der Waals surface area contributed by atoms with Crippen molar-refractivity contribution in [3.05, 3.63) is 58.2 Å². The smallest absolute Gasteiger partial charge is 0.255 e.